The summed E-state index contributed by atoms with van der Waals surface area (Å²) >= 11 is 0. The van der Waals surface area contributed by atoms with Gasteiger partial charge in [0.25, 0.3) is 0 Å². The van der Waals surface area contributed by atoms with Crippen LogP contribution in [0.4, 0.5) is 0 Å². The second kappa shape index (κ2) is 16.0. The molecule has 0 aromatic heterocycles. The molecule has 22 heavy (non-hydrogen) atoms. The number of aryl methyl sites for hydroxylation is 2. The van der Waals surface area contributed by atoms with Crippen molar-refractivity contribution in [2.24, 2.45) is 5.73 Å². The Balaban J connectivity index is 0. The van der Waals surface area contributed by atoms with Gasteiger partial charge in [0.1, 0.15) is 12.0 Å². The lowest BCUT2D eigenvalue weighted by atomic mass is 10.1. The van der Waals surface area contributed by atoms with Crippen LogP contribution in [0.1, 0.15) is 54.6 Å². The molecule has 0 fully saturated rings. The number of carbonyl (C=O) groups excluding carboxylic acids is 1. The Bertz CT molecular complexity index is 367. The Morgan fingerprint density at radius 2 is 1.55 bits per heavy atom. The molecule has 0 heterocycles. The maximum atomic E-state index is 10.6. The minimum absolute atomic E-state index is 0.716. The lowest BCUT2D eigenvalue weighted by Crippen LogP contribution is -2.01. The van der Waals surface area contributed by atoms with Gasteiger partial charge in [-0.3, -0.25) is 4.79 Å². The fourth-order valence-electron chi connectivity index (χ4n) is 1.60. The number of benzene rings is 1. The van der Waals surface area contributed by atoms with E-state index in [0.717, 1.165) is 55.6 Å². The molecular weight excluding hydrogens is 278 g/mol. The fourth-order valence-corrected chi connectivity index (χ4v) is 1.60. The highest BCUT2D eigenvalue weighted by Crippen LogP contribution is 2.24. The van der Waals surface area contributed by atoms with Crippen LogP contribution in [0.2, 0.25) is 0 Å². The summed E-state index contributed by atoms with van der Waals surface area (Å²) < 4.78 is 9.94. The predicted molar refractivity (Wildman–Crippen MR) is 94.0 cm³/mol. The molecule has 128 valence electrons. The van der Waals surface area contributed by atoms with Crippen molar-refractivity contribution in [3.05, 3.63) is 28.8 Å². The highest BCUT2D eigenvalue weighted by molar-refractivity contribution is 5.76. The second-order valence-corrected chi connectivity index (χ2v) is 5.00. The van der Waals surface area contributed by atoms with Crippen molar-refractivity contribution in [2.45, 2.75) is 47.0 Å². The van der Waals surface area contributed by atoms with E-state index in [0.29, 0.717) is 5.56 Å². The van der Waals surface area contributed by atoms with Crippen LogP contribution in [0, 0.1) is 13.8 Å². The zero-order valence-corrected chi connectivity index (χ0v) is 15.1. The quantitative estimate of drug-likeness (QED) is 0.639. The summed E-state index contributed by atoms with van der Waals surface area (Å²) in [5.74, 6) is 0.925. The molecule has 0 atom stereocenters. The number of unbranched alkanes of at least 4 members (excludes halogenated alkanes) is 1. The third-order valence-electron chi connectivity index (χ3n) is 2.65. The summed E-state index contributed by atoms with van der Waals surface area (Å²) in [6.07, 6.45) is 4.16. The molecule has 1 aromatic rings. The Morgan fingerprint density at radius 3 is 1.86 bits per heavy atom. The first-order valence-electron chi connectivity index (χ1n) is 7.81. The summed E-state index contributed by atoms with van der Waals surface area (Å²) in [5.41, 5.74) is 7.81. The van der Waals surface area contributed by atoms with Crippen molar-refractivity contribution in [3.8, 4) is 5.75 Å². The van der Waals surface area contributed by atoms with Crippen LogP contribution >= 0.6 is 0 Å². The maximum absolute atomic E-state index is 10.6. The Labute approximate surface area is 136 Å². The highest BCUT2D eigenvalue weighted by Gasteiger charge is 2.05. The van der Waals surface area contributed by atoms with Crippen molar-refractivity contribution in [2.75, 3.05) is 27.4 Å². The van der Waals surface area contributed by atoms with E-state index in [4.69, 9.17) is 10.5 Å². The number of methoxy groups -OCH3 is 1. The molecule has 0 saturated heterocycles. The summed E-state index contributed by atoms with van der Waals surface area (Å²) in [6.45, 7) is 9.71. The first-order valence-corrected chi connectivity index (χ1v) is 7.81. The zero-order valence-electron chi connectivity index (χ0n) is 15.1. The monoisotopic (exact) mass is 311 g/mol. The SMILES string of the molecule is CCCCOc1c(C)cc(C=O)cc1C.CCCN.COC. The van der Waals surface area contributed by atoms with Gasteiger partial charge < -0.3 is 15.2 Å². The van der Waals surface area contributed by atoms with Crippen molar-refractivity contribution >= 4 is 6.29 Å². The first-order chi connectivity index (χ1) is 10.5. The lowest BCUT2D eigenvalue weighted by molar-refractivity contribution is 0.112. The van der Waals surface area contributed by atoms with Gasteiger partial charge in [-0.05, 0) is 56.5 Å². The van der Waals surface area contributed by atoms with Gasteiger partial charge in [-0.25, -0.2) is 0 Å². The summed E-state index contributed by atoms with van der Waals surface area (Å²) in [6, 6.07) is 3.72. The molecule has 0 aliphatic heterocycles. The van der Waals surface area contributed by atoms with Gasteiger partial charge >= 0.3 is 0 Å². The molecule has 1 rings (SSSR count). The average molecular weight is 311 g/mol. The molecule has 0 aliphatic rings. The van der Waals surface area contributed by atoms with Crippen molar-refractivity contribution < 1.29 is 14.3 Å². The number of rotatable bonds is 6. The maximum Gasteiger partial charge on any atom is 0.150 e. The van der Waals surface area contributed by atoms with Gasteiger partial charge in [0.05, 0.1) is 6.61 Å². The van der Waals surface area contributed by atoms with E-state index in [1.165, 1.54) is 0 Å². The summed E-state index contributed by atoms with van der Waals surface area (Å²) in [7, 11) is 3.25. The van der Waals surface area contributed by atoms with E-state index >= 15 is 0 Å². The van der Waals surface area contributed by atoms with E-state index in [2.05, 4.69) is 18.6 Å². The van der Waals surface area contributed by atoms with Crippen LogP contribution in [-0.2, 0) is 4.74 Å². The number of hydrogen-bond acceptors (Lipinski definition) is 4. The predicted octanol–water partition coefficient (Wildman–Crippen LogP) is 3.91. The second-order valence-electron chi connectivity index (χ2n) is 5.00. The third-order valence-corrected chi connectivity index (χ3v) is 2.65. The van der Waals surface area contributed by atoms with E-state index in [-0.39, 0.29) is 0 Å². The molecule has 4 nitrogen and oxygen atoms in total. The van der Waals surface area contributed by atoms with Crippen molar-refractivity contribution in [1.29, 1.82) is 0 Å². The molecule has 0 radical (unpaired) electrons. The number of hydrogen-bond donors (Lipinski definition) is 1. The Hall–Kier alpha value is -1.39. The van der Waals surface area contributed by atoms with Gasteiger partial charge in [-0.1, -0.05) is 20.3 Å². The van der Waals surface area contributed by atoms with E-state index in [1.54, 1.807) is 14.2 Å². The smallest absolute Gasteiger partial charge is 0.150 e. The largest absolute Gasteiger partial charge is 0.493 e. The normalized spacial score (nSPS) is 9.05. The van der Waals surface area contributed by atoms with Crippen LogP contribution in [-0.4, -0.2) is 33.7 Å². The number of ether oxygens (including phenoxy) is 2. The first kappa shape index (κ1) is 22.9. The molecule has 0 spiro atoms. The fraction of sp³-hybridized carbons (Fsp3) is 0.611. The van der Waals surface area contributed by atoms with E-state index in [9.17, 15) is 4.79 Å². The van der Waals surface area contributed by atoms with Crippen LogP contribution in [0.25, 0.3) is 0 Å². The van der Waals surface area contributed by atoms with Crippen LogP contribution in [0.15, 0.2) is 12.1 Å². The standard InChI is InChI=1S/C13H18O2.C3H9N.C2H6O/c1-4-5-6-15-13-10(2)7-12(9-14)8-11(13)3;1-2-3-4;1-3-2/h7-9H,4-6H2,1-3H3;2-4H2,1H3;1-2H3. The van der Waals surface area contributed by atoms with Crippen LogP contribution in [0.3, 0.4) is 0 Å². The summed E-state index contributed by atoms with van der Waals surface area (Å²) in [4.78, 5) is 10.6. The summed E-state index contributed by atoms with van der Waals surface area (Å²) in [5, 5.41) is 0. The van der Waals surface area contributed by atoms with Gasteiger partial charge in [-0.2, -0.15) is 0 Å². The minimum atomic E-state index is 0.716. The number of carbonyl (C=O) groups is 1. The van der Waals surface area contributed by atoms with Gasteiger partial charge in [-0.15, -0.1) is 0 Å². The van der Waals surface area contributed by atoms with Crippen molar-refractivity contribution in [3.63, 3.8) is 0 Å². The lowest BCUT2D eigenvalue weighted by Gasteiger charge is -2.12. The molecule has 4 heteroatoms. The third kappa shape index (κ3) is 11.3. The molecule has 0 unspecified atom stereocenters. The molecule has 0 bridgehead atoms. The van der Waals surface area contributed by atoms with Gasteiger partial charge in [0, 0.05) is 19.8 Å². The number of nitrogens with two attached hydrogens (primary N) is 1. The van der Waals surface area contributed by atoms with Crippen LogP contribution < -0.4 is 10.5 Å². The molecule has 0 saturated carbocycles. The van der Waals surface area contributed by atoms with Crippen LogP contribution in [0.5, 0.6) is 5.75 Å². The average Bonchev–Trinajstić information content (AvgIpc) is 2.51. The van der Waals surface area contributed by atoms with Gasteiger partial charge in [0.2, 0.25) is 0 Å². The van der Waals surface area contributed by atoms with Gasteiger partial charge in [0.15, 0.2) is 0 Å². The van der Waals surface area contributed by atoms with E-state index < -0.39 is 0 Å². The number of aldehydes is 1. The topological polar surface area (TPSA) is 61.5 Å². The van der Waals surface area contributed by atoms with E-state index in [1.807, 2.05) is 26.0 Å². The molecule has 2 N–H and O–H groups in total. The molecule has 0 amide bonds. The molecule has 0 aliphatic carbocycles. The molecule has 1 aromatic carbocycles. The molecular formula is C18H33NO3. The minimum Gasteiger partial charge on any atom is -0.493 e. The Kier molecular flexibility index (Phi) is 16.6. The van der Waals surface area contributed by atoms with Crippen molar-refractivity contribution in [1.82, 2.24) is 0 Å². The Morgan fingerprint density at radius 1 is 1.09 bits per heavy atom. The zero-order chi connectivity index (χ0) is 17.4. The highest BCUT2D eigenvalue weighted by atomic mass is 16.5.